The predicted molar refractivity (Wildman–Crippen MR) is 110 cm³/mol. The zero-order valence-electron chi connectivity index (χ0n) is 16.8. The lowest BCUT2D eigenvalue weighted by Gasteiger charge is -2.07. The lowest BCUT2D eigenvalue weighted by molar-refractivity contribution is -0.121. The Labute approximate surface area is 178 Å². The predicted octanol–water partition coefficient (Wildman–Crippen LogP) is 3.42. The molecule has 2 N–H and O–H groups in total. The topological polar surface area (TPSA) is 76.0 Å². The summed E-state index contributed by atoms with van der Waals surface area (Å²) in [6, 6.07) is 11.5. The summed E-state index contributed by atoms with van der Waals surface area (Å²) in [5.41, 5.74) is 8.17. The maximum absolute atomic E-state index is 13.3. The van der Waals surface area contributed by atoms with Crippen LogP contribution in [0.3, 0.4) is 0 Å². The van der Waals surface area contributed by atoms with Crippen LogP contribution >= 0.6 is 0 Å². The molecular formula is C23H22F2N4O2. The van der Waals surface area contributed by atoms with E-state index in [0.29, 0.717) is 17.7 Å². The monoisotopic (exact) mass is 424 g/mol. The van der Waals surface area contributed by atoms with Crippen molar-refractivity contribution < 1.29 is 18.4 Å². The Balaban J connectivity index is 1.51. The molecule has 4 rings (SSSR count). The summed E-state index contributed by atoms with van der Waals surface area (Å²) >= 11 is 0. The summed E-state index contributed by atoms with van der Waals surface area (Å²) in [7, 11) is 0. The second kappa shape index (κ2) is 9.07. The van der Waals surface area contributed by atoms with E-state index in [4.69, 9.17) is 0 Å². The Bertz CT molecular complexity index is 1090. The average molecular weight is 424 g/mol. The molecule has 0 spiro atoms. The number of benzene rings is 2. The van der Waals surface area contributed by atoms with Crippen molar-refractivity contribution >= 4 is 11.8 Å². The van der Waals surface area contributed by atoms with E-state index >= 15 is 0 Å². The molecule has 0 unspecified atom stereocenters. The highest BCUT2D eigenvalue weighted by molar-refractivity contribution is 5.95. The smallest absolute Gasteiger partial charge is 0.273 e. The van der Waals surface area contributed by atoms with Crippen molar-refractivity contribution in [1.82, 2.24) is 20.6 Å². The molecule has 0 saturated heterocycles. The zero-order valence-corrected chi connectivity index (χ0v) is 16.8. The second-order valence-electron chi connectivity index (χ2n) is 7.53. The molecule has 2 aromatic carbocycles. The fourth-order valence-electron chi connectivity index (χ4n) is 3.77. The molecule has 1 aliphatic rings. The van der Waals surface area contributed by atoms with Crippen LogP contribution in [0.15, 0.2) is 48.5 Å². The number of hydrogen-bond donors (Lipinski definition) is 2. The largest absolute Gasteiger partial charge is 0.290 e. The minimum Gasteiger partial charge on any atom is -0.273 e. The van der Waals surface area contributed by atoms with E-state index in [9.17, 15) is 18.4 Å². The molecule has 160 valence electrons. The number of halogens is 2. The first-order chi connectivity index (χ1) is 15.0. The number of amides is 2. The Morgan fingerprint density at radius 3 is 2.23 bits per heavy atom. The first kappa shape index (κ1) is 20.7. The Hall–Kier alpha value is -3.55. The van der Waals surface area contributed by atoms with Crippen LogP contribution in [0.25, 0.3) is 5.69 Å². The van der Waals surface area contributed by atoms with Crippen molar-refractivity contribution in [2.24, 2.45) is 0 Å². The molecule has 1 heterocycles. The summed E-state index contributed by atoms with van der Waals surface area (Å²) in [6.45, 7) is 0. The highest BCUT2D eigenvalue weighted by atomic mass is 19.1. The third-order valence-electron chi connectivity index (χ3n) is 5.31. The van der Waals surface area contributed by atoms with E-state index in [1.165, 1.54) is 36.4 Å². The maximum atomic E-state index is 13.3. The van der Waals surface area contributed by atoms with E-state index < -0.39 is 11.8 Å². The molecule has 0 atom stereocenters. The number of carbonyl (C=O) groups excluding carboxylic acids is 2. The maximum Gasteiger partial charge on any atom is 0.290 e. The number of fused-ring (bicyclic) bond motifs is 1. The molecule has 0 radical (unpaired) electrons. The molecule has 0 saturated carbocycles. The van der Waals surface area contributed by atoms with Gasteiger partial charge in [-0.15, -0.1) is 0 Å². The standard InChI is InChI=1S/C23H22F2N4O2/c24-16-8-6-15(7-9-16)14-21(30)26-27-23(31)22-19-4-2-1-3-5-20(19)29(28-22)18-12-10-17(25)11-13-18/h6-13H,1-5,14H2,(H,26,30)(H,27,31). The van der Waals surface area contributed by atoms with Gasteiger partial charge in [-0.2, -0.15) is 5.10 Å². The SMILES string of the molecule is O=C(Cc1ccc(F)cc1)NNC(=O)c1nn(-c2ccc(F)cc2)c2c1CCCCC2. The molecule has 8 heteroatoms. The van der Waals surface area contributed by atoms with Crippen molar-refractivity contribution in [3.8, 4) is 5.69 Å². The summed E-state index contributed by atoms with van der Waals surface area (Å²) < 4.78 is 28.0. The van der Waals surface area contributed by atoms with Crippen LogP contribution in [-0.4, -0.2) is 21.6 Å². The second-order valence-corrected chi connectivity index (χ2v) is 7.53. The Kier molecular flexibility index (Phi) is 6.06. The molecule has 2 amide bonds. The van der Waals surface area contributed by atoms with Gasteiger partial charge in [0, 0.05) is 11.3 Å². The number of hydrazine groups is 1. The summed E-state index contributed by atoms with van der Waals surface area (Å²) in [5, 5.41) is 4.49. The van der Waals surface area contributed by atoms with Crippen LogP contribution in [0.5, 0.6) is 0 Å². The van der Waals surface area contributed by atoms with Gasteiger partial charge in [0.2, 0.25) is 5.91 Å². The van der Waals surface area contributed by atoms with Crippen molar-refractivity contribution in [2.45, 2.75) is 38.5 Å². The number of rotatable bonds is 4. The van der Waals surface area contributed by atoms with E-state index in [0.717, 1.165) is 36.9 Å². The highest BCUT2D eigenvalue weighted by Gasteiger charge is 2.25. The van der Waals surface area contributed by atoms with Gasteiger partial charge in [-0.1, -0.05) is 18.6 Å². The fraction of sp³-hybridized carbons (Fsp3) is 0.261. The fourth-order valence-corrected chi connectivity index (χ4v) is 3.77. The van der Waals surface area contributed by atoms with E-state index in [1.807, 2.05) is 0 Å². The molecular weight excluding hydrogens is 402 g/mol. The third kappa shape index (κ3) is 4.79. The van der Waals surface area contributed by atoms with Crippen LogP contribution in [-0.2, 0) is 24.1 Å². The quantitative estimate of drug-likeness (QED) is 0.498. The first-order valence-electron chi connectivity index (χ1n) is 10.2. The van der Waals surface area contributed by atoms with E-state index in [-0.39, 0.29) is 23.7 Å². The Morgan fingerprint density at radius 2 is 1.52 bits per heavy atom. The number of hydrogen-bond acceptors (Lipinski definition) is 3. The highest BCUT2D eigenvalue weighted by Crippen LogP contribution is 2.26. The molecule has 1 aromatic heterocycles. The van der Waals surface area contributed by atoms with E-state index in [1.54, 1.807) is 16.8 Å². The van der Waals surface area contributed by atoms with Crippen LogP contribution in [0.2, 0.25) is 0 Å². The van der Waals surface area contributed by atoms with Gasteiger partial charge < -0.3 is 0 Å². The lowest BCUT2D eigenvalue weighted by Crippen LogP contribution is -2.42. The molecule has 0 aliphatic heterocycles. The van der Waals surface area contributed by atoms with Crippen LogP contribution in [0.4, 0.5) is 8.78 Å². The third-order valence-corrected chi connectivity index (χ3v) is 5.31. The van der Waals surface area contributed by atoms with Gasteiger partial charge in [0.25, 0.3) is 5.91 Å². The van der Waals surface area contributed by atoms with Crippen molar-refractivity contribution in [2.75, 3.05) is 0 Å². The number of carbonyl (C=O) groups is 2. The number of nitrogens with one attached hydrogen (secondary N) is 2. The van der Waals surface area contributed by atoms with Crippen molar-refractivity contribution in [1.29, 1.82) is 0 Å². The van der Waals surface area contributed by atoms with Crippen LogP contribution < -0.4 is 10.9 Å². The molecule has 0 bridgehead atoms. The number of aromatic nitrogens is 2. The molecule has 0 fully saturated rings. The summed E-state index contributed by atoms with van der Waals surface area (Å²) in [5.74, 6) is -1.66. The first-order valence-corrected chi connectivity index (χ1v) is 10.2. The van der Waals surface area contributed by atoms with Crippen molar-refractivity contribution in [3.63, 3.8) is 0 Å². The van der Waals surface area contributed by atoms with Crippen LogP contribution in [0, 0.1) is 11.6 Å². The number of nitrogens with zero attached hydrogens (tertiary/aromatic N) is 2. The Morgan fingerprint density at radius 1 is 0.871 bits per heavy atom. The van der Waals surface area contributed by atoms with Crippen LogP contribution in [0.1, 0.15) is 46.6 Å². The summed E-state index contributed by atoms with van der Waals surface area (Å²) in [6.07, 6.45) is 4.46. The summed E-state index contributed by atoms with van der Waals surface area (Å²) in [4.78, 5) is 25.0. The normalized spacial score (nSPS) is 13.2. The molecule has 3 aromatic rings. The zero-order chi connectivity index (χ0) is 21.8. The molecule has 31 heavy (non-hydrogen) atoms. The molecule has 1 aliphatic carbocycles. The van der Waals surface area contributed by atoms with Gasteiger partial charge in [0.1, 0.15) is 11.6 Å². The van der Waals surface area contributed by atoms with E-state index in [2.05, 4.69) is 16.0 Å². The van der Waals surface area contributed by atoms with Gasteiger partial charge in [-0.05, 0) is 67.6 Å². The van der Waals surface area contributed by atoms with Gasteiger partial charge in [-0.3, -0.25) is 20.4 Å². The van der Waals surface area contributed by atoms with Gasteiger partial charge in [-0.25, -0.2) is 13.5 Å². The lowest BCUT2D eigenvalue weighted by atomic mass is 10.1. The van der Waals surface area contributed by atoms with Crippen molar-refractivity contribution in [3.05, 3.63) is 82.7 Å². The molecule has 6 nitrogen and oxygen atoms in total. The average Bonchev–Trinajstić information content (AvgIpc) is 2.95. The minimum atomic E-state index is -0.508. The minimum absolute atomic E-state index is 0.00267. The van der Waals surface area contributed by atoms with Gasteiger partial charge in [0.05, 0.1) is 12.1 Å². The van der Waals surface area contributed by atoms with Gasteiger partial charge in [0.15, 0.2) is 5.69 Å². The van der Waals surface area contributed by atoms with Gasteiger partial charge >= 0.3 is 0 Å².